The fourth-order valence-electron chi connectivity index (χ4n) is 3.05. The Hall–Kier alpha value is -1.06. The van der Waals surface area contributed by atoms with Crippen molar-refractivity contribution in [3.63, 3.8) is 0 Å². The van der Waals surface area contributed by atoms with Crippen molar-refractivity contribution in [2.24, 2.45) is 5.92 Å². The van der Waals surface area contributed by atoms with Gasteiger partial charge in [0.25, 0.3) is 0 Å². The van der Waals surface area contributed by atoms with Crippen molar-refractivity contribution >= 4 is 11.9 Å². The maximum atomic E-state index is 11.9. The lowest BCUT2D eigenvalue weighted by Gasteiger charge is -2.36. The summed E-state index contributed by atoms with van der Waals surface area (Å²) in [7, 11) is 1.40. The van der Waals surface area contributed by atoms with Crippen molar-refractivity contribution in [1.82, 2.24) is 4.90 Å². The van der Waals surface area contributed by atoms with Crippen molar-refractivity contribution < 1.29 is 14.3 Å². The molecule has 0 aromatic carbocycles. The monoisotopic (exact) mass is 239 g/mol. The standard InChI is InChI=1S/C13H21NO3/c1-9-3-5-10(6-4-9)14-11(13(16)17-2)7-8-12(14)15/h9-11H,3-8H2,1-2H3. The average Bonchev–Trinajstić information content (AvgIpc) is 2.71. The highest BCUT2D eigenvalue weighted by Crippen LogP contribution is 2.32. The highest BCUT2D eigenvalue weighted by atomic mass is 16.5. The van der Waals surface area contributed by atoms with Gasteiger partial charge in [-0.05, 0) is 38.0 Å². The molecule has 0 spiro atoms. The van der Waals surface area contributed by atoms with Crippen LogP contribution in [0.15, 0.2) is 0 Å². The Balaban J connectivity index is 2.05. The number of methoxy groups -OCH3 is 1. The molecular formula is C13H21NO3. The van der Waals surface area contributed by atoms with Crippen molar-refractivity contribution in [2.45, 2.75) is 57.5 Å². The van der Waals surface area contributed by atoms with Crippen LogP contribution in [0.3, 0.4) is 0 Å². The van der Waals surface area contributed by atoms with E-state index in [-0.39, 0.29) is 24.0 Å². The van der Waals surface area contributed by atoms with Gasteiger partial charge in [0, 0.05) is 12.5 Å². The highest BCUT2D eigenvalue weighted by molar-refractivity contribution is 5.88. The number of carbonyl (C=O) groups is 2. The molecule has 1 heterocycles. The van der Waals surface area contributed by atoms with Gasteiger partial charge in [-0.1, -0.05) is 6.92 Å². The number of nitrogens with zero attached hydrogens (tertiary/aromatic N) is 1. The zero-order valence-corrected chi connectivity index (χ0v) is 10.6. The van der Waals surface area contributed by atoms with Crippen LogP contribution in [0.1, 0.15) is 45.4 Å². The molecule has 4 heteroatoms. The molecule has 0 radical (unpaired) electrons. The van der Waals surface area contributed by atoms with Crippen molar-refractivity contribution in [2.75, 3.05) is 7.11 Å². The summed E-state index contributed by atoms with van der Waals surface area (Å²) >= 11 is 0. The van der Waals surface area contributed by atoms with E-state index in [1.165, 1.54) is 7.11 Å². The molecule has 1 amide bonds. The first kappa shape index (κ1) is 12.4. The minimum atomic E-state index is -0.328. The third-order valence-electron chi connectivity index (χ3n) is 4.11. The minimum Gasteiger partial charge on any atom is -0.467 e. The highest BCUT2D eigenvalue weighted by Gasteiger charge is 2.41. The molecule has 2 aliphatic rings. The number of rotatable bonds is 2. The van der Waals surface area contributed by atoms with E-state index in [4.69, 9.17) is 4.74 Å². The zero-order valence-electron chi connectivity index (χ0n) is 10.6. The fraction of sp³-hybridized carbons (Fsp3) is 0.846. The zero-order chi connectivity index (χ0) is 12.4. The van der Waals surface area contributed by atoms with Crippen LogP contribution in [-0.4, -0.2) is 36.0 Å². The molecule has 1 aliphatic heterocycles. The molecule has 1 unspecified atom stereocenters. The summed E-state index contributed by atoms with van der Waals surface area (Å²) in [5, 5.41) is 0. The van der Waals surface area contributed by atoms with Gasteiger partial charge in [0.2, 0.25) is 5.91 Å². The van der Waals surface area contributed by atoms with Crippen LogP contribution in [0.5, 0.6) is 0 Å². The average molecular weight is 239 g/mol. The summed E-state index contributed by atoms with van der Waals surface area (Å²) in [6.45, 7) is 2.25. The van der Waals surface area contributed by atoms with Crippen molar-refractivity contribution in [1.29, 1.82) is 0 Å². The maximum absolute atomic E-state index is 11.9. The van der Waals surface area contributed by atoms with E-state index >= 15 is 0 Å². The molecule has 2 rings (SSSR count). The van der Waals surface area contributed by atoms with Crippen LogP contribution >= 0.6 is 0 Å². The van der Waals surface area contributed by atoms with Gasteiger partial charge in [0.05, 0.1) is 7.11 Å². The molecule has 1 atom stereocenters. The first-order valence-corrected chi connectivity index (χ1v) is 6.52. The van der Waals surface area contributed by atoms with Gasteiger partial charge in [0.1, 0.15) is 6.04 Å². The second-order valence-electron chi connectivity index (χ2n) is 5.29. The predicted octanol–water partition coefficient (Wildman–Crippen LogP) is 1.73. The Labute approximate surface area is 102 Å². The van der Waals surface area contributed by atoms with Crippen LogP contribution in [0.25, 0.3) is 0 Å². The Kier molecular flexibility index (Phi) is 3.69. The smallest absolute Gasteiger partial charge is 0.328 e. The van der Waals surface area contributed by atoms with E-state index in [1.54, 1.807) is 4.90 Å². The third-order valence-corrected chi connectivity index (χ3v) is 4.11. The largest absolute Gasteiger partial charge is 0.467 e. The second-order valence-corrected chi connectivity index (χ2v) is 5.29. The molecule has 1 saturated carbocycles. The molecule has 0 bridgehead atoms. The molecule has 2 fully saturated rings. The summed E-state index contributed by atoms with van der Waals surface area (Å²) < 4.78 is 4.79. The van der Waals surface area contributed by atoms with E-state index in [0.29, 0.717) is 12.8 Å². The van der Waals surface area contributed by atoms with Gasteiger partial charge in [0.15, 0.2) is 0 Å². The number of likely N-dealkylation sites (tertiary alicyclic amines) is 1. The molecule has 1 aliphatic carbocycles. The molecule has 0 aromatic rings. The SMILES string of the molecule is COC(=O)C1CCC(=O)N1C1CCC(C)CC1. The first-order chi connectivity index (χ1) is 8.13. The van der Waals surface area contributed by atoms with Crippen LogP contribution in [-0.2, 0) is 14.3 Å². The summed E-state index contributed by atoms with van der Waals surface area (Å²) in [5.41, 5.74) is 0. The second kappa shape index (κ2) is 5.07. The van der Waals surface area contributed by atoms with E-state index in [9.17, 15) is 9.59 Å². The lowest BCUT2D eigenvalue weighted by molar-refractivity contribution is -0.151. The van der Waals surface area contributed by atoms with Crippen molar-refractivity contribution in [3.8, 4) is 0 Å². The summed E-state index contributed by atoms with van der Waals surface area (Å²) in [6, 6.07) is -0.0730. The summed E-state index contributed by atoms with van der Waals surface area (Å²) in [5.74, 6) is 0.620. The van der Waals surface area contributed by atoms with Crippen LogP contribution in [0.2, 0.25) is 0 Å². The Morgan fingerprint density at radius 2 is 1.88 bits per heavy atom. The molecule has 0 aromatic heterocycles. The van der Waals surface area contributed by atoms with E-state index in [0.717, 1.165) is 31.6 Å². The first-order valence-electron chi connectivity index (χ1n) is 6.52. The van der Waals surface area contributed by atoms with Gasteiger partial charge in [-0.3, -0.25) is 4.79 Å². The number of hydrogen-bond acceptors (Lipinski definition) is 3. The number of carbonyl (C=O) groups excluding carboxylic acids is 2. The predicted molar refractivity (Wildman–Crippen MR) is 63.3 cm³/mol. The topological polar surface area (TPSA) is 46.6 Å². The van der Waals surface area contributed by atoms with Crippen LogP contribution in [0, 0.1) is 5.92 Å². The number of hydrogen-bond donors (Lipinski definition) is 0. The summed E-state index contributed by atoms with van der Waals surface area (Å²) in [4.78, 5) is 25.4. The fourth-order valence-corrected chi connectivity index (χ4v) is 3.05. The molecular weight excluding hydrogens is 218 g/mol. The van der Waals surface area contributed by atoms with E-state index < -0.39 is 0 Å². The van der Waals surface area contributed by atoms with Crippen molar-refractivity contribution in [3.05, 3.63) is 0 Å². The number of esters is 1. The molecule has 4 nitrogen and oxygen atoms in total. The summed E-state index contributed by atoms with van der Waals surface area (Å²) in [6.07, 6.45) is 5.48. The van der Waals surface area contributed by atoms with Gasteiger partial charge >= 0.3 is 5.97 Å². The third kappa shape index (κ3) is 2.45. The minimum absolute atomic E-state index is 0.125. The lowest BCUT2D eigenvalue weighted by atomic mass is 9.86. The number of amides is 1. The van der Waals surface area contributed by atoms with Crippen LogP contribution in [0.4, 0.5) is 0 Å². The van der Waals surface area contributed by atoms with Gasteiger partial charge in [-0.2, -0.15) is 0 Å². The Bertz CT molecular complexity index is 308. The molecule has 96 valence electrons. The lowest BCUT2D eigenvalue weighted by Crippen LogP contribution is -2.47. The Morgan fingerprint density at radius 1 is 1.24 bits per heavy atom. The molecule has 1 saturated heterocycles. The maximum Gasteiger partial charge on any atom is 0.328 e. The van der Waals surface area contributed by atoms with Crippen LogP contribution < -0.4 is 0 Å². The molecule has 0 N–H and O–H groups in total. The number of ether oxygens (including phenoxy) is 1. The molecule has 17 heavy (non-hydrogen) atoms. The van der Waals surface area contributed by atoms with E-state index in [1.807, 2.05) is 0 Å². The van der Waals surface area contributed by atoms with Gasteiger partial charge in [-0.15, -0.1) is 0 Å². The van der Waals surface area contributed by atoms with E-state index in [2.05, 4.69) is 6.92 Å². The van der Waals surface area contributed by atoms with Gasteiger partial charge in [-0.25, -0.2) is 4.79 Å². The quantitative estimate of drug-likeness (QED) is 0.689. The Morgan fingerprint density at radius 3 is 2.47 bits per heavy atom. The normalized spacial score (nSPS) is 33.9. The van der Waals surface area contributed by atoms with Gasteiger partial charge < -0.3 is 9.64 Å².